The summed E-state index contributed by atoms with van der Waals surface area (Å²) in [4.78, 5) is 12.6. The molecule has 3 aromatic carbocycles. The molecule has 36 heavy (non-hydrogen) atoms. The highest BCUT2D eigenvalue weighted by Crippen LogP contribution is 2.41. The molecule has 1 aliphatic heterocycles. The Kier molecular flexibility index (Phi) is 7.17. The second kappa shape index (κ2) is 11.2. The van der Waals surface area contributed by atoms with Crippen molar-refractivity contribution in [3.05, 3.63) is 95.8 Å². The number of para-hydroxylation sites is 1. The zero-order valence-corrected chi connectivity index (χ0v) is 19.5. The summed E-state index contributed by atoms with van der Waals surface area (Å²) >= 11 is 0. The summed E-state index contributed by atoms with van der Waals surface area (Å²) < 4.78 is 17.6. The van der Waals surface area contributed by atoms with Gasteiger partial charge in [0.25, 0.3) is 0 Å². The van der Waals surface area contributed by atoms with Gasteiger partial charge in [0.1, 0.15) is 12.4 Å². The fourth-order valence-corrected chi connectivity index (χ4v) is 3.76. The van der Waals surface area contributed by atoms with E-state index in [2.05, 4.69) is 38.1 Å². The SMILES string of the molecule is O=C(/C=C/c1ccc(OCCCc2ccccc2)cc1)Nc1cccc2c1OC(c1nnn[nH]1)CO2. The highest BCUT2D eigenvalue weighted by Gasteiger charge is 2.27. The highest BCUT2D eigenvalue weighted by atomic mass is 16.6. The number of ether oxygens (including phenoxy) is 3. The first-order valence-electron chi connectivity index (χ1n) is 11.7. The van der Waals surface area contributed by atoms with E-state index in [9.17, 15) is 4.79 Å². The van der Waals surface area contributed by atoms with E-state index in [1.165, 1.54) is 11.6 Å². The number of aryl methyl sites for hydroxylation is 1. The first-order chi connectivity index (χ1) is 17.7. The largest absolute Gasteiger partial charge is 0.494 e. The van der Waals surface area contributed by atoms with Crippen LogP contribution in [0, 0.1) is 0 Å². The monoisotopic (exact) mass is 483 g/mol. The molecule has 0 radical (unpaired) electrons. The number of hydrogen-bond donors (Lipinski definition) is 2. The molecule has 1 amide bonds. The average molecular weight is 484 g/mol. The van der Waals surface area contributed by atoms with Crippen molar-refractivity contribution in [2.45, 2.75) is 18.9 Å². The van der Waals surface area contributed by atoms with Gasteiger partial charge in [0.05, 0.1) is 12.3 Å². The second-order valence-electron chi connectivity index (χ2n) is 8.17. The number of carbonyl (C=O) groups excluding carboxylic acids is 1. The molecule has 2 N–H and O–H groups in total. The number of hydrogen-bond acceptors (Lipinski definition) is 7. The molecular formula is C27H25N5O4. The number of nitrogens with zero attached hydrogens (tertiary/aromatic N) is 3. The van der Waals surface area contributed by atoms with Gasteiger partial charge in [-0.2, -0.15) is 0 Å². The van der Waals surface area contributed by atoms with Gasteiger partial charge in [-0.15, -0.1) is 5.10 Å². The molecule has 0 bridgehead atoms. The van der Waals surface area contributed by atoms with E-state index in [4.69, 9.17) is 14.2 Å². The lowest BCUT2D eigenvalue weighted by molar-refractivity contribution is -0.111. The van der Waals surface area contributed by atoms with Crippen molar-refractivity contribution >= 4 is 17.7 Å². The molecule has 182 valence electrons. The molecule has 9 heteroatoms. The first kappa shape index (κ1) is 23.1. The standard InChI is InChI=1S/C27H25N5O4/c33-25(28-22-9-4-10-23-26(22)36-24(18-35-23)27-29-31-32-30-27)16-13-20-11-14-21(15-12-20)34-17-5-8-19-6-2-1-3-7-19/h1-4,6-7,9-16,24H,5,8,17-18H2,(H,28,33)(H,29,30,31,32)/b16-13+. The number of rotatable bonds is 9. The number of aromatic amines is 1. The minimum atomic E-state index is -0.500. The Balaban J connectivity index is 1.13. The van der Waals surface area contributed by atoms with Crippen LogP contribution in [0.2, 0.25) is 0 Å². The van der Waals surface area contributed by atoms with Crippen LogP contribution in [-0.4, -0.2) is 39.7 Å². The van der Waals surface area contributed by atoms with Gasteiger partial charge < -0.3 is 19.5 Å². The van der Waals surface area contributed by atoms with Crippen LogP contribution in [0.25, 0.3) is 6.08 Å². The third kappa shape index (κ3) is 5.87. The van der Waals surface area contributed by atoms with Gasteiger partial charge in [-0.05, 0) is 64.7 Å². The molecule has 0 saturated heterocycles. The summed E-state index contributed by atoms with van der Waals surface area (Å²) in [6, 6.07) is 23.3. The van der Waals surface area contributed by atoms with E-state index in [0.717, 1.165) is 24.2 Å². The van der Waals surface area contributed by atoms with Gasteiger partial charge in [-0.25, -0.2) is 5.10 Å². The number of fused-ring (bicyclic) bond motifs is 1. The Morgan fingerprint density at radius 1 is 1.08 bits per heavy atom. The minimum absolute atomic E-state index is 0.258. The quantitative estimate of drug-likeness (QED) is 0.268. The van der Waals surface area contributed by atoms with E-state index < -0.39 is 6.10 Å². The van der Waals surface area contributed by atoms with Crippen molar-refractivity contribution in [3.63, 3.8) is 0 Å². The van der Waals surface area contributed by atoms with E-state index in [1.807, 2.05) is 42.5 Å². The molecule has 2 heterocycles. The number of nitrogens with one attached hydrogen (secondary N) is 2. The number of aromatic nitrogens is 4. The molecule has 0 fully saturated rings. The van der Waals surface area contributed by atoms with Gasteiger partial charge in [0.2, 0.25) is 5.91 Å². The number of anilines is 1. The average Bonchev–Trinajstić information content (AvgIpc) is 3.46. The van der Waals surface area contributed by atoms with Crippen LogP contribution < -0.4 is 19.5 Å². The van der Waals surface area contributed by atoms with E-state index in [1.54, 1.807) is 24.3 Å². The third-order valence-electron chi connectivity index (χ3n) is 5.58. The Bertz CT molecular complexity index is 1310. The highest BCUT2D eigenvalue weighted by molar-refractivity contribution is 6.03. The van der Waals surface area contributed by atoms with Crippen LogP contribution in [0.1, 0.15) is 29.5 Å². The second-order valence-corrected chi connectivity index (χ2v) is 8.17. The predicted molar refractivity (Wildman–Crippen MR) is 134 cm³/mol. The zero-order chi connectivity index (χ0) is 24.6. The molecule has 9 nitrogen and oxygen atoms in total. The van der Waals surface area contributed by atoms with Crippen LogP contribution in [0.15, 0.2) is 78.9 Å². The minimum Gasteiger partial charge on any atom is -0.494 e. The maximum Gasteiger partial charge on any atom is 0.248 e. The molecule has 1 aliphatic rings. The number of H-pyrrole nitrogens is 1. The van der Waals surface area contributed by atoms with Gasteiger partial charge >= 0.3 is 0 Å². The van der Waals surface area contributed by atoms with Gasteiger partial charge in [-0.3, -0.25) is 4.79 Å². The van der Waals surface area contributed by atoms with Crippen molar-refractivity contribution < 1.29 is 19.0 Å². The summed E-state index contributed by atoms with van der Waals surface area (Å²) in [5, 5.41) is 16.5. The topological polar surface area (TPSA) is 111 Å². The molecule has 1 atom stereocenters. The molecular weight excluding hydrogens is 458 g/mol. The normalized spacial score (nSPS) is 14.5. The predicted octanol–water partition coefficient (Wildman–Crippen LogP) is 4.38. The smallest absolute Gasteiger partial charge is 0.248 e. The molecule has 0 saturated carbocycles. The first-order valence-corrected chi connectivity index (χ1v) is 11.7. The molecule has 0 aliphatic carbocycles. The molecule has 1 unspecified atom stereocenters. The fourth-order valence-electron chi connectivity index (χ4n) is 3.76. The van der Waals surface area contributed by atoms with E-state index >= 15 is 0 Å². The van der Waals surface area contributed by atoms with Crippen LogP contribution in [-0.2, 0) is 11.2 Å². The lowest BCUT2D eigenvalue weighted by Gasteiger charge is -2.26. The maximum absolute atomic E-state index is 12.6. The van der Waals surface area contributed by atoms with Crippen molar-refractivity contribution in [2.24, 2.45) is 0 Å². The third-order valence-corrected chi connectivity index (χ3v) is 5.58. The van der Waals surface area contributed by atoms with Crippen molar-refractivity contribution in [1.82, 2.24) is 20.6 Å². The summed E-state index contributed by atoms with van der Waals surface area (Å²) in [7, 11) is 0. The molecule has 5 rings (SSSR count). The van der Waals surface area contributed by atoms with Crippen LogP contribution in [0.3, 0.4) is 0 Å². The van der Waals surface area contributed by atoms with Crippen molar-refractivity contribution in [3.8, 4) is 17.2 Å². The van der Waals surface area contributed by atoms with Crippen LogP contribution in [0.4, 0.5) is 5.69 Å². The van der Waals surface area contributed by atoms with Gasteiger partial charge in [0, 0.05) is 6.08 Å². The van der Waals surface area contributed by atoms with E-state index in [0.29, 0.717) is 29.6 Å². The van der Waals surface area contributed by atoms with Gasteiger partial charge in [0.15, 0.2) is 23.4 Å². The number of benzene rings is 3. The molecule has 0 spiro atoms. The zero-order valence-electron chi connectivity index (χ0n) is 19.5. The number of amides is 1. The van der Waals surface area contributed by atoms with Crippen molar-refractivity contribution in [2.75, 3.05) is 18.5 Å². The number of tetrazole rings is 1. The van der Waals surface area contributed by atoms with Crippen molar-refractivity contribution in [1.29, 1.82) is 0 Å². The van der Waals surface area contributed by atoms with Crippen LogP contribution >= 0.6 is 0 Å². The van der Waals surface area contributed by atoms with E-state index in [-0.39, 0.29) is 12.5 Å². The lowest BCUT2D eigenvalue weighted by Crippen LogP contribution is -2.24. The summed E-state index contributed by atoms with van der Waals surface area (Å²) in [6.45, 7) is 0.904. The maximum atomic E-state index is 12.6. The summed E-state index contributed by atoms with van der Waals surface area (Å²) in [6.07, 6.45) is 4.64. The Morgan fingerprint density at radius 2 is 1.94 bits per heavy atom. The summed E-state index contributed by atoms with van der Waals surface area (Å²) in [5.41, 5.74) is 2.69. The molecule has 1 aromatic heterocycles. The molecule has 4 aromatic rings. The summed E-state index contributed by atoms with van der Waals surface area (Å²) in [5.74, 6) is 1.93. The Hall–Kier alpha value is -4.66. The lowest BCUT2D eigenvalue weighted by atomic mass is 10.1. The van der Waals surface area contributed by atoms with Gasteiger partial charge in [-0.1, -0.05) is 48.5 Å². The fraction of sp³-hybridized carbons (Fsp3) is 0.185. The Labute approximate surface area is 208 Å². The van der Waals surface area contributed by atoms with Crippen LogP contribution in [0.5, 0.6) is 17.2 Å². The Morgan fingerprint density at radius 3 is 2.75 bits per heavy atom. The number of carbonyl (C=O) groups is 1.